The standard InChI is InChI=1S/C20H26N2O3/c1-5-15-6-8-16(9-7-15)13-22(2)14-20(23)21-17-10-11-18(24-3)19(12-17)25-4/h6-12H,5,13-14H2,1-4H3,(H,21,23)/p+1. The minimum absolute atomic E-state index is 0.0325. The second-order valence-corrected chi connectivity index (χ2v) is 6.10. The van der Waals surface area contributed by atoms with Crippen LogP contribution in [0, 0.1) is 0 Å². The van der Waals surface area contributed by atoms with Crippen molar-refractivity contribution < 1.29 is 19.2 Å². The number of anilines is 1. The van der Waals surface area contributed by atoms with Crippen molar-refractivity contribution in [3.05, 3.63) is 53.6 Å². The normalized spacial score (nSPS) is 11.7. The van der Waals surface area contributed by atoms with Crippen LogP contribution in [0.5, 0.6) is 11.5 Å². The molecule has 1 amide bonds. The van der Waals surface area contributed by atoms with E-state index >= 15 is 0 Å². The number of likely N-dealkylation sites (N-methyl/N-ethyl adjacent to an activating group) is 1. The highest BCUT2D eigenvalue weighted by atomic mass is 16.5. The Labute approximate surface area is 149 Å². The minimum atomic E-state index is -0.0325. The van der Waals surface area contributed by atoms with Crippen LogP contribution in [0.2, 0.25) is 0 Å². The molecule has 5 nitrogen and oxygen atoms in total. The molecular formula is C20H27N2O3+. The van der Waals surface area contributed by atoms with E-state index in [9.17, 15) is 4.79 Å². The van der Waals surface area contributed by atoms with Crippen LogP contribution in [0.4, 0.5) is 5.69 Å². The molecule has 2 aromatic rings. The molecule has 0 heterocycles. The molecule has 2 rings (SSSR count). The first-order valence-electron chi connectivity index (χ1n) is 8.46. The molecular weight excluding hydrogens is 316 g/mol. The molecule has 0 saturated carbocycles. The van der Waals surface area contributed by atoms with Crippen LogP contribution in [-0.4, -0.2) is 33.7 Å². The van der Waals surface area contributed by atoms with Gasteiger partial charge >= 0.3 is 0 Å². The van der Waals surface area contributed by atoms with Crippen LogP contribution in [0.15, 0.2) is 42.5 Å². The lowest BCUT2D eigenvalue weighted by molar-refractivity contribution is -0.885. The van der Waals surface area contributed by atoms with Crippen LogP contribution in [0.25, 0.3) is 0 Å². The monoisotopic (exact) mass is 343 g/mol. The number of benzene rings is 2. The van der Waals surface area contributed by atoms with Gasteiger partial charge in [0.15, 0.2) is 18.0 Å². The van der Waals surface area contributed by atoms with Gasteiger partial charge < -0.3 is 19.7 Å². The van der Waals surface area contributed by atoms with E-state index < -0.39 is 0 Å². The fourth-order valence-corrected chi connectivity index (χ4v) is 2.70. The molecule has 0 aliphatic rings. The Morgan fingerprint density at radius 1 is 1.00 bits per heavy atom. The van der Waals surface area contributed by atoms with Gasteiger partial charge in [0.25, 0.3) is 5.91 Å². The fourth-order valence-electron chi connectivity index (χ4n) is 2.70. The average Bonchev–Trinajstić information content (AvgIpc) is 2.62. The third-order valence-electron chi connectivity index (χ3n) is 4.07. The Kier molecular flexibility index (Phi) is 6.83. The van der Waals surface area contributed by atoms with Gasteiger partial charge in [-0.3, -0.25) is 4.79 Å². The quantitative estimate of drug-likeness (QED) is 0.770. The largest absolute Gasteiger partial charge is 0.493 e. The number of quaternary nitrogens is 1. The summed E-state index contributed by atoms with van der Waals surface area (Å²) in [6, 6.07) is 13.9. The minimum Gasteiger partial charge on any atom is -0.493 e. The number of carbonyl (C=O) groups is 1. The summed E-state index contributed by atoms with van der Waals surface area (Å²) in [4.78, 5) is 13.4. The molecule has 5 heteroatoms. The van der Waals surface area contributed by atoms with Gasteiger partial charge in [-0.25, -0.2) is 0 Å². The lowest BCUT2D eigenvalue weighted by Crippen LogP contribution is -3.08. The molecule has 25 heavy (non-hydrogen) atoms. The van der Waals surface area contributed by atoms with Crippen LogP contribution in [0.3, 0.4) is 0 Å². The van der Waals surface area contributed by atoms with Crippen molar-refractivity contribution in [3.8, 4) is 11.5 Å². The Bertz CT molecular complexity index is 699. The van der Waals surface area contributed by atoms with Crippen LogP contribution in [-0.2, 0) is 17.8 Å². The molecule has 2 N–H and O–H groups in total. The first-order valence-corrected chi connectivity index (χ1v) is 8.46. The zero-order valence-corrected chi connectivity index (χ0v) is 15.4. The van der Waals surface area contributed by atoms with E-state index in [0.29, 0.717) is 23.7 Å². The summed E-state index contributed by atoms with van der Waals surface area (Å²) in [5, 5.41) is 2.91. The summed E-state index contributed by atoms with van der Waals surface area (Å²) in [6.07, 6.45) is 1.04. The molecule has 134 valence electrons. The number of hydrogen-bond donors (Lipinski definition) is 2. The summed E-state index contributed by atoms with van der Waals surface area (Å²) in [5.74, 6) is 1.20. The first-order chi connectivity index (χ1) is 12.0. The van der Waals surface area contributed by atoms with Crippen molar-refractivity contribution in [1.29, 1.82) is 0 Å². The van der Waals surface area contributed by atoms with Crippen molar-refractivity contribution in [2.45, 2.75) is 19.9 Å². The number of aryl methyl sites for hydroxylation is 1. The topological polar surface area (TPSA) is 52.0 Å². The molecule has 0 radical (unpaired) electrons. The molecule has 1 atom stereocenters. The van der Waals surface area contributed by atoms with Gasteiger partial charge in [-0.15, -0.1) is 0 Å². The lowest BCUT2D eigenvalue weighted by atomic mass is 10.1. The zero-order chi connectivity index (χ0) is 18.2. The number of ether oxygens (including phenoxy) is 2. The van der Waals surface area contributed by atoms with Crippen molar-refractivity contribution in [3.63, 3.8) is 0 Å². The van der Waals surface area contributed by atoms with Crippen molar-refractivity contribution in [2.75, 3.05) is 33.1 Å². The van der Waals surface area contributed by atoms with E-state index in [1.807, 2.05) is 7.05 Å². The van der Waals surface area contributed by atoms with Gasteiger partial charge in [0.05, 0.1) is 21.3 Å². The molecule has 2 aromatic carbocycles. The highest BCUT2D eigenvalue weighted by Crippen LogP contribution is 2.29. The number of amides is 1. The smallest absolute Gasteiger partial charge is 0.279 e. The predicted molar refractivity (Wildman–Crippen MR) is 99.5 cm³/mol. The van der Waals surface area contributed by atoms with Gasteiger partial charge in [-0.1, -0.05) is 31.2 Å². The lowest BCUT2D eigenvalue weighted by Gasteiger charge is -2.15. The SMILES string of the molecule is CCc1ccc(C[NH+](C)CC(=O)Nc2ccc(OC)c(OC)c2)cc1. The number of methoxy groups -OCH3 is 2. The number of rotatable bonds is 8. The third-order valence-corrected chi connectivity index (χ3v) is 4.07. The first kappa shape index (κ1) is 18.8. The van der Waals surface area contributed by atoms with Gasteiger partial charge in [0.2, 0.25) is 0 Å². The van der Waals surface area contributed by atoms with E-state index in [0.717, 1.165) is 17.9 Å². The van der Waals surface area contributed by atoms with Crippen LogP contribution >= 0.6 is 0 Å². The molecule has 0 fully saturated rings. The Balaban J connectivity index is 1.90. The molecule has 0 aliphatic heterocycles. The molecule has 1 unspecified atom stereocenters. The number of hydrogen-bond acceptors (Lipinski definition) is 3. The number of nitrogens with one attached hydrogen (secondary N) is 2. The zero-order valence-electron chi connectivity index (χ0n) is 15.4. The van der Waals surface area contributed by atoms with Crippen LogP contribution in [0.1, 0.15) is 18.1 Å². The Hall–Kier alpha value is -2.53. The fraction of sp³-hybridized carbons (Fsp3) is 0.350. The molecule has 0 aliphatic carbocycles. The van der Waals surface area contributed by atoms with Gasteiger partial charge in [-0.05, 0) is 24.1 Å². The maximum Gasteiger partial charge on any atom is 0.279 e. The summed E-state index contributed by atoms with van der Waals surface area (Å²) < 4.78 is 10.5. The molecule has 0 aromatic heterocycles. The van der Waals surface area contributed by atoms with Gasteiger partial charge in [0.1, 0.15) is 6.54 Å². The highest BCUT2D eigenvalue weighted by molar-refractivity contribution is 5.91. The summed E-state index contributed by atoms with van der Waals surface area (Å²) in [6.45, 7) is 3.35. The van der Waals surface area contributed by atoms with Crippen molar-refractivity contribution in [1.82, 2.24) is 0 Å². The van der Waals surface area contributed by atoms with E-state index in [1.165, 1.54) is 11.1 Å². The second-order valence-electron chi connectivity index (χ2n) is 6.10. The second kappa shape index (κ2) is 9.08. The molecule has 0 spiro atoms. The van der Waals surface area contributed by atoms with Crippen molar-refractivity contribution >= 4 is 11.6 Å². The average molecular weight is 343 g/mol. The van der Waals surface area contributed by atoms with E-state index in [-0.39, 0.29) is 5.91 Å². The van der Waals surface area contributed by atoms with E-state index in [2.05, 4.69) is 36.5 Å². The molecule has 0 bridgehead atoms. The molecule has 0 saturated heterocycles. The van der Waals surface area contributed by atoms with Crippen LogP contribution < -0.4 is 19.7 Å². The van der Waals surface area contributed by atoms with Gasteiger partial charge in [0, 0.05) is 17.3 Å². The Morgan fingerprint density at radius 2 is 1.64 bits per heavy atom. The Morgan fingerprint density at radius 3 is 2.24 bits per heavy atom. The third kappa shape index (κ3) is 5.50. The summed E-state index contributed by atoms with van der Waals surface area (Å²) in [7, 11) is 5.18. The number of carbonyl (C=O) groups excluding carboxylic acids is 1. The summed E-state index contributed by atoms with van der Waals surface area (Å²) >= 11 is 0. The van der Waals surface area contributed by atoms with Gasteiger partial charge in [-0.2, -0.15) is 0 Å². The highest BCUT2D eigenvalue weighted by Gasteiger charge is 2.12. The van der Waals surface area contributed by atoms with E-state index in [1.54, 1.807) is 32.4 Å². The van der Waals surface area contributed by atoms with Crippen molar-refractivity contribution in [2.24, 2.45) is 0 Å². The maximum absolute atomic E-state index is 12.3. The maximum atomic E-state index is 12.3. The predicted octanol–water partition coefficient (Wildman–Crippen LogP) is 1.92. The summed E-state index contributed by atoms with van der Waals surface area (Å²) in [5.41, 5.74) is 3.25. The van der Waals surface area contributed by atoms with E-state index in [4.69, 9.17) is 9.47 Å².